The summed E-state index contributed by atoms with van der Waals surface area (Å²) in [5, 5.41) is 18.0. The summed E-state index contributed by atoms with van der Waals surface area (Å²) >= 11 is 6.66. The number of ether oxygens (including phenoxy) is 2. The van der Waals surface area contributed by atoms with E-state index >= 15 is 0 Å². The van der Waals surface area contributed by atoms with Crippen molar-refractivity contribution in [2.45, 2.75) is 87.8 Å². The molecule has 10 heteroatoms. The van der Waals surface area contributed by atoms with Gasteiger partial charge in [-0.25, -0.2) is 0 Å². The lowest BCUT2D eigenvalue weighted by molar-refractivity contribution is -0.153. The van der Waals surface area contributed by atoms with Crippen molar-refractivity contribution in [3.8, 4) is 6.07 Å². The summed E-state index contributed by atoms with van der Waals surface area (Å²) in [5.74, 6) is 0.242. The number of nitrogens with zero attached hydrogens (tertiary/aromatic N) is 4. The first-order valence-electron chi connectivity index (χ1n) is 15.2. The number of likely N-dealkylation sites (N-methyl/N-ethyl adjacent to an activating group) is 1. The van der Waals surface area contributed by atoms with E-state index in [1.807, 2.05) is 17.0 Å². The van der Waals surface area contributed by atoms with Gasteiger partial charge in [0, 0.05) is 49.1 Å². The van der Waals surface area contributed by atoms with Crippen molar-refractivity contribution >= 4 is 17.5 Å². The minimum Gasteiger partial charge on any atom is -0.370 e. The van der Waals surface area contributed by atoms with Crippen molar-refractivity contribution < 1.29 is 14.3 Å². The van der Waals surface area contributed by atoms with Crippen molar-refractivity contribution in [3.63, 3.8) is 0 Å². The standard InChI is InChI=1S/C31H43ClN6O3/c1-3-28(39)38-15-14-37(18-22(38)10-12-33)29-24-9-11-31(16-25-21(19-41-31)6-4-8-26(25)32)17-27(24)34-30(35-29)40-20-23-7-5-13-36(23)2/h3-4,6,8,22-24,27,29-30,34-35H,1,5,7,9-11,13-20H2,2H3/t22?,23?,24?,27?,29?,30?,31-/m1/s1. The highest BCUT2D eigenvalue weighted by molar-refractivity contribution is 6.31. The molecular formula is C31H43ClN6O3. The van der Waals surface area contributed by atoms with E-state index in [4.69, 9.17) is 21.1 Å². The molecule has 6 rings (SSSR count). The summed E-state index contributed by atoms with van der Waals surface area (Å²) in [4.78, 5) is 19.2. The van der Waals surface area contributed by atoms with E-state index in [0.29, 0.717) is 44.7 Å². The lowest BCUT2D eigenvalue weighted by Gasteiger charge is -2.56. The van der Waals surface area contributed by atoms with Gasteiger partial charge >= 0.3 is 0 Å². The fourth-order valence-electron chi connectivity index (χ4n) is 7.89. The van der Waals surface area contributed by atoms with Crippen LogP contribution >= 0.6 is 11.6 Å². The molecule has 1 aliphatic carbocycles. The quantitative estimate of drug-likeness (QED) is 0.495. The second kappa shape index (κ2) is 12.3. The predicted molar refractivity (Wildman–Crippen MR) is 157 cm³/mol. The van der Waals surface area contributed by atoms with Crippen LogP contribution in [0.1, 0.15) is 49.7 Å². The molecule has 0 radical (unpaired) electrons. The van der Waals surface area contributed by atoms with Gasteiger partial charge in [0.25, 0.3) is 0 Å². The molecule has 1 spiro atoms. The van der Waals surface area contributed by atoms with E-state index < -0.39 is 0 Å². The zero-order valence-corrected chi connectivity index (χ0v) is 24.8. The predicted octanol–water partition coefficient (Wildman–Crippen LogP) is 2.85. The van der Waals surface area contributed by atoms with Gasteiger partial charge in [0.1, 0.15) is 0 Å². The van der Waals surface area contributed by atoms with Crippen LogP contribution in [0.25, 0.3) is 0 Å². The van der Waals surface area contributed by atoms with Gasteiger partial charge in [-0.2, -0.15) is 5.26 Å². The van der Waals surface area contributed by atoms with Crippen molar-refractivity contribution in [2.75, 3.05) is 39.8 Å². The number of amides is 1. The number of fused-ring (bicyclic) bond motifs is 2. The molecule has 0 aromatic heterocycles. The molecule has 2 N–H and O–H groups in total. The molecule has 7 atom stereocenters. The number of piperazine rings is 1. The molecule has 1 saturated carbocycles. The third-order valence-electron chi connectivity index (χ3n) is 10.2. The summed E-state index contributed by atoms with van der Waals surface area (Å²) in [7, 11) is 2.18. The molecule has 9 nitrogen and oxygen atoms in total. The fourth-order valence-corrected chi connectivity index (χ4v) is 8.15. The molecule has 4 heterocycles. The van der Waals surface area contributed by atoms with Gasteiger partial charge in [0.2, 0.25) is 5.91 Å². The number of halogens is 1. The van der Waals surface area contributed by atoms with Crippen LogP contribution in [0, 0.1) is 17.2 Å². The van der Waals surface area contributed by atoms with Crippen molar-refractivity contribution in [1.29, 1.82) is 5.26 Å². The number of carbonyl (C=O) groups is 1. The van der Waals surface area contributed by atoms with E-state index in [9.17, 15) is 10.1 Å². The number of likely N-dealkylation sites (tertiary alicyclic amines) is 1. The third-order valence-corrected chi connectivity index (χ3v) is 10.6. The molecular weight excluding hydrogens is 540 g/mol. The van der Waals surface area contributed by atoms with Crippen LogP contribution in [0.5, 0.6) is 0 Å². The summed E-state index contributed by atoms with van der Waals surface area (Å²) in [6, 6.07) is 8.89. The van der Waals surface area contributed by atoms with Gasteiger partial charge in [0.05, 0.1) is 43.5 Å². The van der Waals surface area contributed by atoms with Crippen molar-refractivity contribution in [2.24, 2.45) is 5.92 Å². The number of hydrogen-bond acceptors (Lipinski definition) is 8. The summed E-state index contributed by atoms with van der Waals surface area (Å²) in [6.45, 7) is 8.04. The number of rotatable bonds is 6. The lowest BCUT2D eigenvalue weighted by atomic mass is 9.69. The van der Waals surface area contributed by atoms with Crippen molar-refractivity contribution in [3.05, 3.63) is 47.0 Å². The van der Waals surface area contributed by atoms with Crippen LogP contribution in [0.15, 0.2) is 30.9 Å². The Labute approximate surface area is 248 Å². The maximum Gasteiger partial charge on any atom is 0.246 e. The monoisotopic (exact) mass is 582 g/mol. The number of nitriles is 1. The Morgan fingerprint density at radius 1 is 1.29 bits per heavy atom. The number of carbonyl (C=O) groups excluding carboxylic acids is 1. The molecule has 4 fully saturated rings. The van der Waals surface area contributed by atoms with Crippen LogP contribution in [0.4, 0.5) is 0 Å². The highest BCUT2D eigenvalue weighted by Crippen LogP contribution is 2.45. The molecule has 1 amide bonds. The van der Waals surface area contributed by atoms with E-state index in [2.05, 4.69) is 46.2 Å². The minimum absolute atomic E-state index is 0.0755. The Balaban J connectivity index is 1.21. The average molecular weight is 583 g/mol. The van der Waals surface area contributed by atoms with Gasteiger partial charge < -0.3 is 19.3 Å². The maximum absolute atomic E-state index is 12.5. The second-order valence-corrected chi connectivity index (χ2v) is 13.0. The summed E-state index contributed by atoms with van der Waals surface area (Å²) < 4.78 is 13.2. The Bertz CT molecular complexity index is 1180. The zero-order valence-electron chi connectivity index (χ0n) is 24.1. The molecule has 3 saturated heterocycles. The van der Waals surface area contributed by atoms with Crippen LogP contribution in [0.3, 0.4) is 0 Å². The Morgan fingerprint density at radius 3 is 2.95 bits per heavy atom. The van der Waals surface area contributed by atoms with Gasteiger partial charge in [0.15, 0.2) is 6.35 Å². The molecule has 5 aliphatic rings. The first-order chi connectivity index (χ1) is 19.9. The highest BCUT2D eigenvalue weighted by Gasteiger charge is 2.51. The first kappa shape index (κ1) is 29.1. The van der Waals surface area contributed by atoms with Crippen LogP contribution in [-0.4, -0.2) is 96.7 Å². The molecule has 1 aromatic rings. The number of hydrogen-bond donors (Lipinski definition) is 2. The molecule has 0 bridgehead atoms. The molecule has 222 valence electrons. The second-order valence-electron chi connectivity index (χ2n) is 12.6. The van der Waals surface area contributed by atoms with Gasteiger partial charge in [-0.1, -0.05) is 30.3 Å². The average Bonchev–Trinajstić information content (AvgIpc) is 3.40. The minimum atomic E-state index is -0.285. The summed E-state index contributed by atoms with van der Waals surface area (Å²) in [5.41, 5.74) is 2.17. The van der Waals surface area contributed by atoms with Gasteiger partial charge in [-0.3, -0.25) is 20.3 Å². The van der Waals surface area contributed by atoms with Gasteiger partial charge in [-0.05, 0) is 69.0 Å². The Hall–Kier alpha value is -2.03. The number of nitrogens with one attached hydrogen (secondary N) is 2. The van der Waals surface area contributed by atoms with E-state index in [1.165, 1.54) is 23.6 Å². The summed E-state index contributed by atoms with van der Waals surface area (Å²) in [6.07, 6.45) is 7.51. The fraction of sp³-hybridized carbons (Fsp3) is 0.677. The Morgan fingerprint density at radius 2 is 2.17 bits per heavy atom. The van der Waals surface area contributed by atoms with Gasteiger partial charge in [-0.15, -0.1) is 0 Å². The number of benzene rings is 1. The van der Waals surface area contributed by atoms with E-state index in [0.717, 1.165) is 50.2 Å². The third kappa shape index (κ3) is 5.94. The zero-order chi connectivity index (χ0) is 28.6. The largest absolute Gasteiger partial charge is 0.370 e. The van der Waals surface area contributed by atoms with Crippen LogP contribution in [0.2, 0.25) is 5.02 Å². The topological polar surface area (TPSA) is 93.1 Å². The lowest BCUT2D eigenvalue weighted by Crippen LogP contribution is -2.73. The van der Waals surface area contributed by atoms with Crippen molar-refractivity contribution in [1.82, 2.24) is 25.3 Å². The SMILES string of the molecule is C=CC(=O)N1CCN(C2NC(OCC3CCCN3C)NC3C[C@@]4(CCC32)Cc2c(Cl)cccc2CO4)CC1CC#N. The molecule has 6 unspecified atom stereocenters. The van der Waals surface area contributed by atoms with E-state index in [-0.39, 0.29) is 36.1 Å². The molecule has 1 aromatic carbocycles. The van der Waals surface area contributed by atoms with Crippen LogP contribution < -0.4 is 10.6 Å². The van der Waals surface area contributed by atoms with E-state index in [1.54, 1.807) is 0 Å². The Kier molecular flexibility index (Phi) is 8.71. The first-order valence-corrected chi connectivity index (χ1v) is 15.6. The highest BCUT2D eigenvalue weighted by atomic mass is 35.5. The normalized spacial score (nSPS) is 36.0. The molecule has 41 heavy (non-hydrogen) atoms. The smallest absolute Gasteiger partial charge is 0.246 e. The van der Waals surface area contributed by atoms with Crippen LogP contribution in [-0.2, 0) is 27.3 Å². The molecule has 4 aliphatic heterocycles. The maximum atomic E-state index is 12.5.